The number of nitrogens with zero attached hydrogens (tertiary/aromatic N) is 1. The minimum Gasteiger partial charge on any atom is -0.394 e. The number of halogens is 2. The highest BCUT2D eigenvalue weighted by Crippen LogP contribution is 2.17. The summed E-state index contributed by atoms with van der Waals surface area (Å²) < 4.78 is 0. The minimum absolute atomic E-state index is 0.0516. The number of benzene rings is 1. The number of carbonyl (C=O) groups is 1. The zero-order valence-electron chi connectivity index (χ0n) is 11.1. The van der Waals surface area contributed by atoms with Gasteiger partial charge < -0.3 is 10.4 Å². The number of aliphatic hydroxyl groups is 1. The average molecular weight is 325 g/mol. The Morgan fingerprint density at radius 3 is 2.57 bits per heavy atom. The lowest BCUT2D eigenvalue weighted by Gasteiger charge is -2.16. The molecule has 0 saturated carbocycles. The number of hydrogen-bond acceptors (Lipinski definition) is 3. The minimum atomic E-state index is -0.461. The average Bonchev–Trinajstić information content (AvgIpc) is 2.50. The van der Waals surface area contributed by atoms with Gasteiger partial charge in [-0.3, -0.25) is 4.79 Å². The Balaban J connectivity index is 2.07. The number of aromatic nitrogens is 1. The summed E-state index contributed by atoms with van der Waals surface area (Å²) in [5, 5.41) is 12.5. The summed E-state index contributed by atoms with van der Waals surface area (Å²) in [4.78, 5) is 16.1. The molecule has 2 aromatic rings. The van der Waals surface area contributed by atoms with E-state index < -0.39 is 11.9 Å². The van der Waals surface area contributed by atoms with Gasteiger partial charge in [-0.05, 0) is 24.1 Å². The molecule has 1 atom stereocenters. The highest BCUT2D eigenvalue weighted by Gasteiger charge is 2.17. The lowest BCUT2D eigenvalue weighted by atomic mass is 10.1. The van der Waals surface area contributed by atoms with E-state index in [-0.39, 0.29) is 22.5 Å². The first-order valence-corrected chi connectivity index (χ1v) is 7.13. The van der Waals surface area contributed by atoms with Crippen molar-refractivity contribution in [3.8, 4) is 0 Å². The largest absolute Gasteiger partial charge is 0.394 e. The monoisotopic (exact) mass is 324 g/mol. The SMILES string of the molecule is O=C(NC(CO)Cc1ccccc1)c1nc(Cl)ccc1Cl. The fourth-order valence-corrected chi connectivity index (χ4v) is 2.23. The second-order valence-electron chi connectivity index (χ2n) is 4.51. The van der Waals surface area contributed by atoms with Gasteiger partial charge in [0.15, 0.2) is 0 Å². The van der Waals surface area contributed by atoms with E-state index in [2.05, 4.69) is 10.3 Å². The molecule has 0 saturated heterocycles. The van der Waals surface area contributed by atoms with Gasteiger partial charge in [-0.25, -0.2) is 4.98 Å². The number of amides is 1. The van der Waals surface area contributed by atoms with Gasteiger partial charge in [0, 0.05) is 0 Å². The van der Waals surface area contributed by atoms with E-state index >= 15 is 0 Å². The van der Waals surface area contributed by atoms with Crippen molar-refractivity contribution in [2.24, 2.45) is 0 Å². The number of carbonyl (C=O) groups excluding carboxylic acids is 1. The summed E-state index contributed by atoms with van der Waals surface area (Å²) in [5.41, 5.74) is 1.07. The van der Waals surface area contributed by atoms with Crippen LogP contribution in [-0.4, -0.2) is 28.6 Å². The van der Waals surface area contributed by atoms with Crippen LogP contribution in [0.15, 0.2) is 42.5 Å². The maximum absolute atomic E-state index is 12.1. The quantitative estimate of drug-likeness (QED) is 0.831. The van der Waals surface area contributed by atoms with Crippen molar-refractivity contribution < 1.29 is 9.90 Å². The molecule has 0 fully saturated rings. The fraction of sp³-hybridized carbons (Fsp3) is 0.200. The highest BCUT2D eigenvalue weighted by atomic mass is 35.5. The molecule has 1 unspecified atom stereocenters. The van der Waals surface area contributed by atoms with Crippen LogP contribution in [0.25, 0.3) is 0 Å². The van der Waals surface area contributed by atoms with Crippen LogP contribution in [0.5, 0.6) is 0 Å². The molecule has 0 aliphatic rings. The van der Waals surface area contributed by atoms with Crippen LogP contribution in [0, 0.1) is 0 Å². The summed E-state index contributed by atoms with van der Waals surface area (Å²) in [6.45, 7) is -0.182. The molecule has 2 N–H and O–H groups in total. The van der Waals surface area contributed by atoms with Crippen LogP contribution in [-0.2, 0) is 6.42 Å². The smallest absolute Gasteiger partial charge is 0.271 e. The summed E-state index contributed by atoms with van der Waals surface area (Å²) >= 11 is 11.7. The third-order valence-electron chi connectivity index (χ3n) is 2.91. The first kappa shape index (κ1) is 15.8. The molecule has 0 aliphatic heterocycles. The molecule has 21 heavy (non-hydrogen) atoms. The van der Waals surface area contributed by atoms with Crippen LogP contribution < -0.4 is 5.32 Å². The third kappa shape index (κ3) is 4.43. The Kier molecular flexibility index (Phi) is 5.56. The highest BCUT2D eigenvalue weighted by molar-refractivity contribution is 6.34. The number of aliphatic hydroxyl groups excluding tert-OH is 1. The van der Waals surface area contributed by atoms with Crippen molar-refractivity contribution in [2.45, 2.75) is 12.5 Å². The number of rotatable bonds is 5. The van der Waals surface area contributed by atoms with Crippen molar-refractivity contribution in [3.05, 3.63) is 63.9 Å². The normalized spacial score (nSPS) is 12.0. The lowest BCUT2D eigenvalue weighted by Crippen LogP contribution is -2.39. The molecular formula is C15H14Cl2N2O2. The topological polar surface area (TPSA) is 62.2 Å². The molecule has 1 aromatic carbocycles. The second kappa shape index (κ2) is 7.41. The Hall–Kier alpha value is -1.62. The molecule has 1 heterocycles. The van der Waals surface area contributed by atoms with E-state index in [1.165, 1.54) is 12.1 Å². The molecule has 1 amide bonds. The van der Waals surface area contributed by atoms with Gasteiger partial charge >= 0.3 is 0 Å². The van der Waals surface area contributed by atoms with Gasteiger partial charge in [-0.15, -0.1) is 0 Å². The maximum atomic E-state index is 12.1. The van der Waals surface area contributed by atoms with Crippen molar-refractivity contribution in [1.29, 1.82) is 0 Å². The molecular weight excluding hydrogens is 311 g/mol. The Morgan fingerprint density at radius 1 is 1.19 bits per heavy atom. The first-order chi connectivity index (χ1) is 10.1. The van der Waals surface area contributed by atoms with Gasteiger partial charge in [-0.1, -0.05) is 53.5 Å². The summed E-state index contributed by atoms with van der Waals surface area (Å²) in [5.74, 6) is -0.461. The first-order valence-electron chi connectivity index (χ1n) is 6.38. The predicted molar refractivity (Wildman–Crippen MR) is 82.7 cm³/mol. The Labute approximate surface area is 132 Å². The van der Waals surface area contributed by atoms with Gasteiger partial charge in [0.25, 0.3) is 5.91 Å². The van der Waals surface area contributed by atoms with E-state index in [0.29, 0.717) is 6.42 Å². The van der Waals surface area contributed by atoms with E-state index in [1.54, 1.807) is 0 Å². The molecule has 0 bridgehead atoms. The van der Waals surface area contributed by atoms with E-state index in [4.69, 9.17) is 23.2 Å². The van der Waals surface area contributed by atoms with Crippen molar-refractivity contribution in [1.82, 2.24) is 10.3 Å². The van der Waals surface area contributed by atoms with E-state index in [0.717, 1.165) is 5.56 Å². The van der Waals surface area contributed by atoms with Gasteiger partial charge in [-0.2, -0.15) is 0 Å². The summed E-state index contributed by atoms with van der Waals surface area (Å²) in [6, 6.07) is 12.2. The molecule has 0 aliphatic carbocycles. The van der Waals surface area contributed by atoms with Gasteiger partial charge in [0.1, 0.15) is 10.8 Å². The molecule has 0 spiro atoms. The molecule has 0 radical (unpaired) electrons. The fourth-order valence-electron chi connectivity index (χ4n) is 1.89. The van der Waals surface area contributed by atoms with E-state index in [9.17, 15) is 9.90 Å². The van der Waals surface area contributed by atoms with Gasteiger partial charge in [0.05, 0.1) is 17.7 Å². The molecule has 110 valence electrons. The van der Waals surface area contributed by atoms with Crippen molar-refractivity contribution in [3.63, 3.8) is 0 Å². The van der Waals surface area contributed by atoms with Gasteiger partial charge in [0.2, 0.25) is 0 Å². The van der Waals surface area contributed by atoms with E-state index in [1.807, 2.05) is 30.3 Å². The molecule has 4 nitrogen and oxygen atoms in total. The zero-order chi connectivity index (χ0) is 15.2. The van der Waals surface area contributed by atoms with Crippen molar-refractivity contribution in [2.75, 3.05) is 6.61 Å². The third-order valence-corrected chi connectivity index (χ3v) is 3.42. The molecule has 6 heteroatoms. The standard InChI is InChI=1S/C15H14Cl2N2O2/c16-12-6-7-13(17)19-14(12)15(21)18-11(9-20)8-10-4-2-1-3-5-10/h1-7,11,20H,8-9H2,(H,18,21). The number of nitrogens with one attached hydrogen (secondary N) is 1. The van der Waals surface area contributed by atoms with Crippen LogP contribution in [0.3, 0.4) is 0 Å². The lowest BCUT2D eigenvalue weighted by molar-refractivity contribution is 0.0911. The maximum Gasteiger partial charge on any atom is 0.271 e. The van der Waals surface area contributed by atoms with Crippen LogP contribution in [0.4, 0.5) is 0 Å². The summed E-state index contributed by atoms with van der Waals surface area (Å²) in [6.07, 6.45) is 0.515. The number of hydrogen-bond donors (Lipinski definition) is 2. The zero-order valence-corrected chi connectivity index (χ0v) is 12.6. The van der Waals surface area contributed by atoms with Crippen LogP contribution >= 0.6 is 23.2 Å². The molecule has 2 rings (SSSR count). The number of pyridine rings is 1. The Morgan fingerprint density at radius 2 is 1.90 bits per heavy atom. The Bertz CT molecular complexity index is 620. The predicted octanol–water partition coefficient (Wildman–Crippen LogP) is 2.72. The van der Waals surface area contributed by atoms with Crippen molar-refractivity contribution >= 4 is 29.1 Å². The summed E-state index contributed by atoms with van der Waals surface area (Å²) in [7, 11) is 0. The van der Waals surface area contributed by atoms with Crippen LogP contribution in [0.2, 0.25) is 10.2 Å². The van der Waals surface area contributed by atoms with Crippen LogP contribution in [0.1, 0.15) is 16.1 Å². The molecule has 1 aromatic heterocycles. The second-order valence-corrected chi connectivity index (χ2v) is 5.30.